The van der Waals surface area contributed by atoms with Crippen molar-refractivity contribution in [3.8, 4) is 0 Å². The first-order valence-electron chi connectivity index (χ1n) is 6.92. The number of halogens is 1. The fourth-order valence-corrected chi connectivity index (χ4v) is 3.17. The lowest BCUT2D eigenvalue weighted by Gasteiger charge is -2.09. The van der Waals surface area contributed by atoms with Gasteiger partial charge in [0.2, 0.25) is 5.91 Å². The number of aryl methyl sites for hydroxylation is 2. The average Bonchev–Trinajstić information content (AvgIpc) is 2.90. The molecule has 0 unspecified atom stereocenters. The number of hydrogen-bond acceptors (Lipinski definition) is 3. The summed E-state index contributed by atoms with van der Waals surface area (Å²) in [6.45, 7) is 5.09. The number of benzene rings is 1. The molecule has 1 amide bonds. The smallest absolute Gasteiger partial charge is 0.238 e. The van der Waals surface area contributed by atoms with Crippen molar-refractivity contribution in [1.82, 2.24) is 5.32 Å². The van der Waals surface area contributed by atoms with E-state index in [-0.39, 0.29) is 12.5 Å². The second-order valence-corrected chi connectivity index (χ2v) is 6.27. The van der Waals surface area contributed by atoms with E-state index in [1.165, 1.54) is 10.4 Å². The van der Waals surface area contributed by atoms with Gasteiger partial charge in [-0.05, 0) is 48.1 Å². The van der Waals surface area contributed by atoms with E-state index >= 15 is 0 Å². The molecule has 21 heavy (non-hydrogen) atoms. The molecule has 112 valence electrons. The molecule has 1 heterocycles. The third-order valence-corrected chi connectivity index (χ3v) is 4.46. The molecule has 0 saturated heterocycles. The number of thiophene rings is 1. The zero-order chi connectivity index (χ0) is 15.2. The Morgan fingerprint density at radius 1 is 1.33 bits per heavy atom. The molecule has 0 fully saturated rings. The Morgan fingerprint density at radius 2 is 2.14 bits per heavy atom. The fourth-order valence-electron chi connectivity index (χ4n) is 2.05. The molecule has 0 aliphatic rings. The first-order valence-corrected chi connectivity index (χ1v) is 8.18. The minimum atomic E-state index is -0.0602. The van der Waals surface area contributed by atoms with Gasteiger partial charge in [0.1, 0.15) is 0 Å². The molecule has 0 bridgehead atoms. The van der Waals surface area contributed by atoms with Crippen molar-refractivity contribution in [3.63, 3.8) is 0 Å². The standard InChI is InChI=1S/C16H19ClN2OS/c1-3-12-6-7-21-15(12)9-18-10-16(20)19-14-8-13(17)5-4-11(14)2/h4-8,18H,3,9-10H2,1-2H3,(H,19,20). The summed E-state index contributed by atoms with van der Waals surface area (Å²) in [6, 6.07) is 7.61. The lowest BCUT2D eigenvalue weighted by Crippen LogP contribution is -2.28. The van der Waals surface area contributed by atoms with Crippen molar-refractivity contribution in [2.75, 3.05) is 11.9 Å². The first-order chi connectivity index (χ1) is 10.1. The summed E-state index contributed by atoms with van der Waals surface area (Å²) in [5.74, 6) is -0.0602. The molecule has 2 rings (SSSR count). The van der Waals surface area contributed by atoms with E-state index in [1.807, 2.05) is 19.1 Å². The van der Waals surface area contributed by atoms with Crippen LogP contribution in [-0.2, 0) is 17.8 Å². The van der Waals surface area contributed by atoms with Crippen molar-refractivity contribution in [1.29, 1.82) is 0 Å². The topological polar surface area (TPSA) is 41.1 Å². The van der Waals surface area contributed by atoms with Crippen LogP contribution in [0.2, 0.25) is 5.02 Å². The van der Waals surface area contributed by atoms with Gasteiger partial charge < -0.3 is 10.6 Å². The highest BCUT2D eigenvalue weighted by Crippen LogP contribution is 2.20. The number of carbonyl (C=O) groups is 1. The minimum Gasteiger partial charge on any atom is -0.325 e. The Labute approximate surface area is 134 Å². The summed E-state index contributed by atoms with van der Waals surface area (Å²) in [4.78, 5) is 13.2. The SMILES string of the molecule is CCc1ccsc1CNCC(=O)Nc1cc(Cl)ccc1C. The number of nitrogens with one attached hydrogen (secondary N) is 2. The molecule has 0 aliphatic heterocycles. The van der Waals surface area contributed by atoms with Gasteiger partial charge in [0.25, 0.3) is 0 Å². The van der Waals surface area contributed by atoms with Gasteiger partial charge in [0.05, 0.1) is 6.54 Å². The highest BCUT2D eigenvalue weighted by atomic mass is 35.5. The van der Waals surface area contributed by atoms with Gasteiger partial charge in [0, 0.05) is 22.1 Å². The summed E-state index contributed by atoms with van der Waals surface area (Å²) in [6.07, 6.45) is 1.02. The van der Waals surface area contributed by atoms with Crippen LogP contribution in [0.5, 0.6) is 0 Å². The van der Waals surface area contributed by atoms with Gasteiger partial charge in [-0.25, -0.2) is 0 Å². The van der Waals surface area contributed by atoms with Crippen molar-refractivity contribution in [2.45, 2.75) is 26.8 Å². The zero-order valence-electron chi connectivity index (χ0n) is 12.2. The van der Waals surface area contributed by atoms with Gasteiger partial charge in [0.15, 0.2) is 0 Å². The Balaban J connectivity index is 1.84. The van der Waals surface area contributed by atoms with Crippen LogP contribution in [0, 0.1) is 6.92 Å². The molecule has 0 aliphatic carbocycles. The van der Waals surface area contributed by atoms with Crippen molar-refractivity contribution in [3.05, 3.63) is 50.7 Å². The Hall–Kier alpha value is -1.36. The highest BCUT2D eigenvalue weighted by molar-refractivity contribution is 7.10. The molecular formula is C16H19ClN2OS. The Bertz CT molecular complexity index is 624. The quantitative estimate of drug-likeness (QED) is 0.844. The molecule has 2 N–H and O–H groups in total. The van der Waals surface area contributed by atoms with Crippen LogP contribution in [0.25, 0.3) is 0 Å². The lowest BCUT2D eigenvalue weighted by atomic mass is 10.2. The van der Waals surface area contributed by atoms with Crippen LogP contribution in [-0.4, -0.2) is 12.5 Å². The molecule has 5 heteroatoms. The summed E-state index contributed by atoms with van der Waals surface area (Å²) < 4.78 is 0. The number of rotatable bonds is 6. The third kappa shape index (κ3) is 4.56. The predicted octanol–water partition coefficient (Wildman–Crippen LogP) is 4.00. The number of hydrogen-bond donors (Lipinski definition) is 2. The van der Waals surface area contributed by atoms with Gasteiger partial charge in [-0.15, -0.1) is 11.3 Å². The van der Waals surface area contributed by atoms with Crippen molar-refractivity contribution in [2.24, 2.45) is 0 Å². The van der Waals surface area contributed by atoms with Gasteiger partial charge in [-0.2, -0.15) is 0 Å². The molecule has 0 saturated carbocycles. The Morgan fingerprint density at radius 3 is 2.90 bits per heavy atom. The highest BCUT2D eigenvalue weighted by Gasteiger charge is 2.07. The van der Waals surface area contributed by atoms with Crippen LogP contribution in [0.1, 0.15) is 22.9 Å². The largest absolute Gasteiger partial charge is 0.325 e. The van der Waals surface area contributed by atoms with E-state index in [1.54, 1.807) is 17.4 Å². The lowest BCUT2D eigenvalue weighted by molar-refractivity contribution is -0.115. The summed E-state index contributed by atoms with van der Waals surface area (Å²) in [5.41, 5.74) is 3.11. The maximum atomic E-state index is 11.9. The molecule has 0 radical (unpaired) electrons. The fraction of sp³-hybridized carbons (Fsp3) is 0.312. The monoisotopic (exact) mass is 322 g/mol. The van der Waals surface area contributed by atoms with E-state index in [0.717, 1.165) is 24.2 Å². The maximum absolute atomic E-state index is 11.9. The van der Waals surface area contributed by atoms with Crippen molar-refractivity contribution >= 4 is 34.5 Å². The molecule has 2 aromatic rings. The van der Waals surface area contributed by atoms with E-state index < -0.39 is 0 Å². The molecular weight excluding hydrogens is 304 g/mol. The molecule has 1 aromatic carbocycles. The average molecular weight is 323 g/mol. The number of anilines is 1. The van der Waals surface area contributed by atoms with E-state index in [0.29, 0.717) is 5.02 Å². The predicted molar refractivity (Wildman–Crippen MR) is 90.2 cm³/mol. The second kappa shape index (κ2) is 7.59. The molecule has 3 nitrogen and oxygen atoms in total. The van der Waals surface area contributed by atoms with Gasteiger partial charge >= 0.3 is 0 Å². The van der Waals surface area contributed by atoms with Crippen LogP contribution in [0.4, 0.5) is 5.69 Å². The molecule has 0 spiro atoms. The van der Waals surface area contributed by atoms with Gasteiger partial charge in [-0.1, -0.05) is 24.6 Å². The van der Waals surface area contributed by atoms with Crippen LogP contribution in [0.3, 0.4) is 0 Å². The van der Waals surface area contributed by atoms with Crippen LogP contribution in [0.15, 0.2) is 29.6 Å². The zero-order valence-corrected chi connectivity index (χ0v) is 13.8. The second-order valence-electron chi connectivity index (χ2n) is 4.83. The summed E-state index contributed by atoms with van der Waals surface area (Å²) >= 11 is 7.66. The summed E-state index contributed by atoms with van der Waals surface area (Å²) in [5, 5.41) is 8.77. The van der Waals surface area contributed by atoms with E-state index in [4.69, 9.17) is 11.6 Å². The number of amides is 1. The molecule has 1 aromatic heterocycles. The number of carbonyl (C=O) groups excluding carboxylic acids is 1. The first kappa shape index (κ1) is 16.0. The van der Waals surface area contributed by atoms with Crippen molar-refractivity contribution < 1.29 is 4.79 Å². The van der Waals surface area contributed by atoms with E-state index in [9.17, 15) is 4.79 Å². The maximum Gasteiger partial charge on any atom is 0.238 e. The van der Waals surface area contributed by atoms with E-state index in [2.05, 4.69) is 29.0 Å². The normalized spacial score (nSPS) is 10.6. The van der Waals surface area contributed by atoms with Crippen LogP contribution >= 0.6 is 22.9 Å². The summed E-state index contributed by atoms with van der Waals surface area (Å²) in [7, 11) is 0. The Kier molecular flexibility index (Phi) is 5.79. The van der Waals surface area contributed by atoms with Crippen LogP contribution < -0.4 is 10.6 Å². The van der Waals surface area contributed by atoms with Gasteiger partial charge in [-0.3, -0.25) is 4.79 Å². The molecule has 0 atom stereocenters. The minimum absolute atomic E-state index is 0.0602. The third-order valence-electron chi connectivity index (χ3n) is 3.26.